The van der Waals surface area contributed by atoms with Crippen molar-refractivity contribution in [3.63, 3.8) is 0 Å². The molecule has 2 aliphatic rings. The van der Waals surface area contributed by atoms with E-state index in [4.69, 9.17) is 9.47 Å². The zero-order valence-corrected chi connectivity index (χ0v) is 22.7. The van der Waals surface area contributed by atoms with E-state index in [2.05, 4.69) is 10.8 Å². The van der Waals surface area contributed by atoms with Crippen LogP contribution in [-0.2, 0) is 33.4 Å². The number of nitrogens with zero attached hydrogens (tertiary/aromatic N) is 1. The lowest BCUT2D eigenvalue weighted by atomic mass is 9.98. The second kappa shape index (κ2) is 12.4. The molecule has 0 aromatic rings. The molecular formula is C25H34F3NO8S. The van der Waals surface area contributed by atoms with E-state index < -0.39 is 57.5 Å². The third-order valence-corrected chi connectivity index (χ3v) is 6.98. The number of allylic oxidation sites excluding steroid dienone is 4. The van der Waals surface area contributed by atoms with Crippen LogP contribution in [0, 0.1) is 5.92 Å². The predicted octanol–water partition coefficient (Wildman–Crippen LogP) is 4.94. The van der Waals surface area contributed by atoms with Crippen molar-refractivity contribution in [3.05, 3.63) is 35.6 Å². The SMILES string of the molecule is C=C1CCCC/C(OS(=O)(=O)C(F)(F)F)=C\C=C/1C(=O)COC(=O)[C@@H]1C[C@H](CC)CN1C(=O)OC(C)(C)C. The smallest absolute Gasteiger partial charge is 0.456 e. The third-order valence-electron chi connectivity index (χ3n) is 5.98. The molecule has 2 rings (SSSR count). The second-order valence-corrected chi connectivity index (χ2v) is 11.7. The van der Waals surface area contributed by atoms with E-state index >= 15 is 0 Å². The predicted molar refractivity (Wildman–Crippen MR) is 131 cm³/mol. The molecule has 0 spiro atoms. The van der Waals surface area contributed by atoms with Gasteiger partial charge < -0.3 is 13.7 Å². The van der Waals surface area contributed by atoms with Gasteiger partial charge in [-0.2, -0.15) is 21.6 Å². The minimum Gasteiger partial charge on any atom is -0.456 e. The fourth-order valence-corrected chi connectivity index (χ4v) is 4.49. The molecule has 0 unspecified atom stereocenters. The Hall–Kier alpha value is -2.83. The number of Topliss-reactive ketones (excluding diaryl/α,β-unsaturated/α-hetero) is 1. The van der Waals surface area contributed by atoms with Gasteiger partial charge in [0.15, 0.2) is 6.61 Å². The molecule has 2 atom stereocenters. The Morgan fingerprint density at radius 2 is 1.74 bits per heavy atom. The van der Waals surface area contributed by atoms with Gasteiger partial charge in [0, 0.05) is 18.5 Å². The first-order valence-electron chi connectivity index (χ1n) is 12.2. The molecule has 1 heterocycles. The number of hydrogen-bond acceptors (Lipinski definition) is 8. The normalized spacial score (nSPS) is 24.2. The van der Waals surface area contributed by atoms with Crippen molar-refractivity contribution < 1.29 is 49.6 Å². The van der Waals surface area contributed by atoms with Crippen molar-refractivity contribution in [2.45, 2.75) is 83.4 Å². The fourth-order valence-electron chi connectivity index (χ4n) is 3.97. The molecule has 1 aliphatic carbocycles. The summed E-state index contributed by atoms with van der Waals surface area (Å²) in [4.78, 5) is 39.7. The van der Waals surface area contributed by atoms with Crippen molar-refractivity contribution in [1.82, 2.24) is 4.90 Å². The van der Waals surface area contributed by atoms with Crippen molar-refractivity contribution in [3.8, 4) is 0 Å². The lowest BCUT2D eigenvalue weighted by Crippen LogP contribution is -2.44. The maximum atomic E-state index is 12.9. The summed E-state index contributed by atoms with van der Waals surface area (Å²) < 4.78 is 75.8. The molecule has 1 fully saturated rings. The number of rotatable bonds is 7. The first kappa shape index (κ1) is 31.4. The van der Waals surface area contributed by atoms with Gasteiger partial charge >= 0.3 is 27.7 Å². The molecule has 1 amide bonds. The van der Waals surface area contributed by atoms with Gasteiger partial charge in [0.1, 0.15) is 17.4 Å². The molecule has 1 saturated heterocycles. The van der Waals surface area contributed by atoms with Crippen LogP contribution in [0.4, 0.5) is 18.0 Å². The van der Waals surface area contributed by atoms with Crippen molar-refractivity contribution in [2.75, 3.05) is 13.2 Å². The number of carbonyl (C=O) groups excluding carboxylic acids is 3. The van der Waals surface area contributed by atoms with Crippen LogP contribution in [0.3, 0.4) is 0 Å². The average molecular weight is 566 g/mol. The molecule has 214 valence electrons. The standard InChI is InChI=1S/C25H34F3NO8S/c1-6-17-13-20(29(14-17)23(32)36-24(3,4)5)22(31)35-15-21(30)19-12-11-18(10-8-7-9-16(19)2)37-38(33,34)25(26,27)28/h11-12,17,20H,2,6-10,13-15H2,1,3-5H3/b18-11+,19-12+/t17-,20-/m0/s1. The third kappa shape index (κ3) is 8.60. The Morgan fingerprint density at radius 3 is 2.32 bits per heavy atom. The summed E-state index contributed by atoms with van der Waals surface area (Å²) in [5, 5.41) is 0. The van der Waals surface area contributed by atoms with Crippen LogP contribution in [0.5, 0.6) is 0 Å². The number of likely N-dealkylation sites (tertiary alicyclic amines) is 1. The molecule has 9 nitrogen and oxygen atoms in total. The van der Waals surface area contributed by atoms with Crippen LogP contribution < -0.4 is 0 Å². The zero-order chi connectivity index (χ0) is 28.9. The average Bonchev–Trinajstić information content (AvgIpc) is 3.25. The molecule has 1 aliphatic heterocycles. The van der Waals surface area contributed by atoms with Crippen molar-refractivity contribution >= 4 is 28.0 Å². The van der Waals surface area contributed by atoms with E-state index in [1.807, 2.05) is 6.92 Å². The molecule has 0 N–H and O–H groups in total. The number of halogens is 3. The van der Waals surface area contributed by atoms with Crippen LogP contribution in [-0.4, -0.2) is 61.5 Å². The first-order chi connectivity index (χ1) is 17.4. The minimum absolute atomic E-state index is 0.0351. The summed E-state index contributed by atoms with van der Waals surface area (Å²) in [5.74, 6) is -1.91. The Kier molecular flexibility index (Phi) is 10.2. The van der Waals surface area contributed by atoms with Crippen LogP contribution >= 0.6 is 0 Å². The van der Waals surface area contributed by atoms with Gasteiger partial charge in [-0.3, -0.25) is 9.69 Å². The highest BCUT2D eigenvalue weighted by atomic mass is 32.2. The van der Waals surface area contributed by atoms with Crippen LogP contribution in [0.25, 0.3) is 0 Å². The quantitative estimate of drug-likeness (QED) is 0.242. The van der Waals surface area contributed by atoms with Gasteiger partial charge in [0.2, 0.25) is 5.78 Å². The number of ketones is 1. The number of hydrogen-bond donors (Lipinski definition) is 0. The Balaban J connectivity index is 2.16. The maximum Gasteiger partial charge on any atom is 0.534 e. The fraction of sp³-hybridized carbons (Fsp3) is 0.640. The highest BCUT2D eigenvalue weighted by Crippen LogP contribution is 2.30. The largest absolute Gasteiger partial charge is 0.534 e. The monoisotopic (exact) mass is 565 g/mol. The lowest BCUT2D eigenvalue weighted by molar-refractivity contribution is -0.151. The van der Waals surface area contributed by atoms with E-state index in [0.29, 0.717) is 37.8 Å². The van der Waals surface area contributed by atoms with E-state index in [9.17, 15) is 36.0 Å². The van der Waals surface area contributed by atoms with Crippen LogP contribution in [0.15, 0.2) is 35.6 Å². The highest BCUT2D eigenvalue weighted by molar-refractivity contribution is 7.87. The summed E-state index contributed by atoms with van der Waals surface area (Å²) in [6.07, 6.45) is 3.39. The summed E-state index contributed by atoms with van der Waals surface area (Å²) in [6, 6.07) is -0.937. The molecule has 0 radical (unpaired) electrons. The molecule has 0 aromatic heterocycles. The maximum absolute atomic E-state index is 12.9. The number of esters is 1. The number of ether oxygens (including phenoxy) is 2. The zero-order valence-electron chi connectivity index (χ0n) is 21.9. The molecular weight excluding hydrogens is 531 g/mol. The van der Waals surface area contributed by atoms with E-state index in [1.54, 1.807) is 20.8 Å². The molecule has 0 saturated carbocycles. The Bertz CT molecular complexity index is 1100. The van der Waals surface area contributed by atoms with E-state index in [-0.39, 0.29) is 17.9 Å². The van der Waals surface area contributed by atoms with Gasteiger partial charge in [0.25, 0.3) is 0 Å². The number of amides is 1. The van der Waals surface area contributed by atoms with Crippen LogP contribution in [0.1, 0.15) is 66.2 Å². The lowest BCUT2D eigenvalue weighted by Gasteiger charge is -2.27. The van der Waals surface area contributed by atoms with Gasteiger partial charge in [0.05, 0.1) is 0 Å². The molecule has 38 heavy (non-hydrogen) atoms. The molecule has 0 bridgehead atoms. The molecule has 13 heteroatoms. The van der Waals surface area contributed by atoms with Crippen LogP contribution in [0.2, 0.25) is 0 Å². The van der Waals surface area contributed by atoms with E-state index in [0.717, 1.165) is 18.6 Å². The van der Waals surface area contributed by atoms with Gasteiger partial charge in [-0.15, -0.1) is 0 Å². The number of alkyl halides is 3. The van der Waals surface area contributed by atoms with E-state index in [1.165, 1.54) is 4.90 Å². The summed E-state index contributed by atoms with van der Waals surface area (Å²) >= 11 is 0. The summed E-state index contributed by atoms with van der Waals surface area (Å²) in [6.45, 7) is 10.4. The summed E-state index contributed by atoms with van der Waals surface area (Å²) in [7, 11) is -5.87. The van der Waals surface area contributed by atoms with Crippen molar-refractivity contribution in [1.29, 1.82) is 0 Å². The first-order valence-corrected chi connectivity index (χ1v) is 13.6. The topological polar surface area (TPSA) is 116 Å². The van der Waals surface area contributed by atoms with Gasteiger partial charge in [-0.05, 0) is 70.1 Å². The Labute approximate surface area is 220 Å². The summed E-state index contributed by atoms with van der Waals surface area (Å²) in [5.41, 5.74) is -6.06. The van der Waals surface area contributed by atoms with Gasteiger partial charge in [-0.25, -0.2) is 9.59 Å². The Morgan fingerprint density at radius 1 is 1.11 bits per heavy atom. The van der Waals surface area contributed by atoms with Crippen molar-refractivity contribution in [2.24, 2.45) is 5.92 Å². The second-order valence-electron chi connectivity index (χ2n) is 10.2. The number of carbonyl (C=O) groups is 3. The van der Waals surface area contributed by atoms with Gasteiger partial charge in [-0.1, -0.05) is 19.9 Å². The minimum atomic E-state index is -5.87. The molecule has 0 aromatic carbocycles. The highest BCUT2D eigenvalue weighted by Gasteiger charge is 2.48.